The number of methoxy groups -OCH3 is 2. The zero-order chi connectivity index (χ0) is 25.0. The number of esters is 2. The minimum absolute atomic E-state index is 0.0976. The van der Waals surface area contributed by atoms with Crippen LogP contribution in [0, 0.1) is 0 Å². The number of benzene rings is 1. The molecule has 1 atom stereocenters. The van der Waals surface area contributed by atoms with Crippen molar-refractivity contribution in [2.75, 3.05) is 14.2 Å². The summed E-state index contributed by atoms with van der Waals surface area (Å²) in [6.45, 7) is 5.35. The SMILES string of the molecule is COC(=O)c1ccc2c(C3CCCCC3)c(Br)n(CC(NC(=O)OC(C)(C)C)C(=O)OC)c2c1. The molecule has 1 aromatic carbocycles. The molecule has 1 N–H and O–H groups in total. The lowest BCUT2D eigenvalue weighted by Gasteiger charge is -2.24. The zero-order valence-corrected chi connectivity index (χ0v) is 22.0. The maximum Gasteiger partial charge on any atom is 0.408 e. The summed E-state index contributed by atoms with van der Waals surface area (Å²) in [7, 11) is 2.62. The zero-order valence-electron chi connectivity index (χ0n) is 20.4. The van der Waals surface area contributed by atoms with E-state index in [1.54, 1.807) is 32.9 Å². The van der Waals surface area contributed by atoms with E-state index in [1.165, 1.54) is 20.6 Å². The van der Waals surface area contributed by atoms with Gasteiger partial charge in [-0.2, -0.15) is 0 Å². The van der Waals surface area contributed by atoms with E-state index in [0.717, 1.165) is 46.8 Å². The van der Waals surface area contributed by atoms with E-state index in [0.29, 0.717) is 11.5 Å². The van der Waals surface area contributed by atoms with Crippen LogP contribution < -0.4 is 5.32 Å². The van der Waals surface area contributed by atoms with Crippen LogP contribution in [0.25, 0.3) is 10.9 Å². The van der Waals surface area contributed by atoms with Gasteiger partial charge in [-0.3, -0.25) is 0 Å². The fourth-order valence-corrected chi connectivity index (χ4v) is 5.37. The molecule has 1 aromatic heterocycles. The highest BCUT2D eigenvalue weighted by molar-refractivity contribution is 9.10. The van der Waals surface area contributed by atoms with E-state index in [2.05, 4.69) is 21.2 Å². The van der Waals surface area contributed by atoms with Gasteiger partial charge in [-0.25, -0.2) is 14.4 Å². The van der Waals surface area contributed by atoms with Gasteiger partial charge in [0.25, 0.3) is 0 Å². The number of halogens is 1. The molecule has 34 heavy (non-hydrogen) atoms. The second-order valence-electron chi connectivity index (χ2n) is 9.60. The third-order valence-electron chi connectivity index (χ3n) is 6.01. The highest BCUT2D eigenvalue weighted by Gasteiger charge is 2.30. The maximum absolute atomic E-state index is 12.6. The van der Waals surface area contributed by atoms with Crippen LogP contribution in [0.5, 0.6) is 0 Å². The number of alkyl carbamates (subject to hydrolysis) is 1. The molecule has 1 unspecified atom stereocenters. The molecule has 0 bridgehead atoms. The second kappa shape index (κ2) is 10.8. The van der Waals surface area contributed by atoms with Crippen LogP contribution in [0.3, 0.4) is 0 Å². The van der Waals surface area contributed by atoms with Crippen molar-refractivity contribution < 1.29 is 28.6 Å². The number of rotatable bonds is 6. The summed E-state index contributed by atoms with van der Waals surface area (Å²) >= 11 is 3.77. The first-order valence-electron chi connectivity index (χ1n) is 11.5. The topological polar surface area (TPSA) is 95.9 Å². The monoisotopic (exact) mass is 536 g/mol. The number of hydrogen-bond acceptors (Lipinski definition) is 6. The summed E-state index contributed by atoms with van der Waals surface area (Å²) in [5.41, 5.74) is 1.63. The van der Waals surface area contributed by atoms with Gasteiger partial charge in [0.2, 0.25) is 0 Å². The van der Waals surface area contributed by atoms with E-state index in [1.807, 2.05) is 10.6 Å². The predicted molar refractivity (Wildman–Crippen MR) is 132 cm³/mol. The molecule has 9 heteroatoms. The van der Waals surface area contributed by atoms with Crippen molar-refractivity contribution >= 4 is 44.9 Å². The van der Waals surface area contributed by atoms with Gasteiger partial charge in [-0.05, 0) is 73.2 Å². The number of hydrogen-bond donors (Lipinski definition) is 1. The largest absolute Gasteiger partial charge is 0.467 e. The molecule has 1 aliphatic rings. The van der Waals surface area contributed by atoms with E-state index in [-0.39, 0.29) is 6.54 Å². The van der Waals surface area contributed by atoms with Gasteiger partial charge in [0.15, 0.2) is 0 Å². The van der Waals surface area contributed by atoms with Crippen molar-refractivity contribution in [3.05, 3.63) is 33.9 Å². The Morgan fingerprint density at radius 3 is 2.38 bits per heavy atom. The molecule has 1 heterocycles. The average molecular weight is 537 g/mol. The standard InChI is InChI=1S/C25H33BrN2O6/c1-25(2,3)34-24(31)27-18(23(30)33-5)14-28-19-13-16(22(29)32-4)11-12-17(19)20(21(28)26)15-9-7-6-8-10-15/h11-13,15,18H,6-10,14H2,1-5H3,(H,27,31). The van der Waals surface area contributed by atoms with Gasteiger partial charge in [0, 0.05) is 5.39 Å². The molecular formula is C25H33BrN2O6. The third kappa shape index (κ3) is 5.92. The average Bonchev–Trinajstić information content (AvgIpc) is 3.07. The molecule has 0 saturated heterocycles. The van der Waals surface area contributed by atoms with Crippen molar-refractivity contribution in [1.29, 1.82) is 0 Å². The number of amides is 1. The molecule has 3 rings (SSSR count). The van der Waals surface area contributed by atoms with Crippen LogP contribution in [-0.4, -0.2) is 48.5 Å². The second-order valence-corrected chi connectivity index (χ2v) is 10.3. The van der Waals surface area contributed by atoms with Crippen molar-refractivity contribution in [3.63, 3.8) is 0 Å². The fourth-order valence-electron chi connectivity index (χ4n) is 4.50. The Morgan fingerprint density at radius 1 is 1.12 bits per heavy atom. The Bertz CT molecular complexity index is 1070. The number of carbonyl (C=O) groups is 3. The summed E-state index contributed by atoms with van der Waals surface area (Å²) in [6, 6.07) is 4.46. The lowest BCUT2D eigenvalue weighted by atomic mass is 9.84. The van der Waals surface area contributed by atoms with Gasteiger partial charge in [-0.1, -0.05) is 25.3 Å². The molecule has 1 saturated carbocycles. The highest BCUT2D eigenvalue weighted by atomic mass is 79.9. The molecule has 0 aliphatic heterocycles. The summed E-state index contributed by atoms with van der Waals surface area (Å²) < 4.78 is 17.9. The van der Waals surface area contributed by atoms with Gasteiger partial charge in [-0.15, -0.1) is 0 Å². The third-order valence-corrected chi connectivity index (χ3v) is 6.87. The van der Waals surface area contributed by atoms with E-state index < -0.39 is 29.7 Å². The Hall–Kier alpha value is -2.55. The van der Waals surface area contributed by atoms with Crippen molar-refractivity contribution in [2.24, 2.45) is 0 Å². The molecule has 8 nitrogen and oxygen atoms in total. The molecule has 1 amide bonds. The minimum Gasteiger partial charge on any atom is -0.467 e. The van der Waals surface area contributed by atoms with Gasteiger partial charge < -0.3 is 24.1 Å². The van der Waals surface area contributed by atoms with E-state index in [4.69, 9.17) is 14.2 Å². The first-order chi connectivity index (χ1) is 16.1. The summed E-state index contributed by atoms with van der Waals surface area (Å²) in [6.07, 6.45) is 4.99. The fraction of sp³-hybridized carbons (Fsp3) is 0.560. The summed E-state index contributed by atoms with van der Waals surface area (Å²) in [5, 5.41) is 3.64. The number of aromatic nitrogens is 1. The quantitative estimate of drug-likeness (QED) is 0.397. The number of nitrogens with zero attached hydrogens (tertiary/aromatic N) is 1. The molecule has 186 valence electrons. The summed E-state index contributed by atoms with van der Waals surface area (Å²) in [5.74, 6) is -0.671. The van der Waals surface area contributed by atoms with Gasteiger partial charge in [0.1, 0.15) is 11.6 Å². The number of nitrogens with one attached hydrogen (secondary N) is 1. The van der Waals surface area contributed by atoms with Crippen molar-refractivity contribution in [3.8, 4) is 0 Å². The minimum atomic E-state index is -0.993. The molecular weight excluding hydrogens is 504 g/mol. The molecule has 0 spiro atoms. The van der Waals surface area contributed by atoms with Crippen LogP contribution >= 0.6 is 15.9 Å². The lowest BCUT2D eigenvalue weighted by molar-refractivity contribution is -0.143. The normalized spacial score (nSPS) is 15.6. The Morgan fingerprint density at radius 2 is 1.79 bits per heavy atom. The van der Waals surface area contributed by atoms with Crippen LogP contribution in [0.15, 0.2) is 22.8 Å². The molecule has 1 aliphatic carbocycles. The molecule has 1 fully saturated rings. The van der Waals surface area contributed by atoms with Crippen LogP contribution in [0.1, 0.15) is 74.7 Å². The van der Waals surface area contributed by atoms with E-state index in [9.17, 15) is 14.4 Å². The first kappa shape index (κ1) is 26.1. The summed E-state index contributed by atoms with van der Waals surface area (Å²) in [4.78, 5) is 37.3. The number of carbonyl (C=O) groups excluding carboxylic acids is 3. The smallest absolute Gasteiger partial charge is 0.408 e. The van der Waals surface area contributed by atoms with Gasteiger partial charge in [0.05, 0.1) is 36.4 Å². The lowest BCUT2D eigenvalue weighted by Crippen LogP contribution is -2.46. The number of fused-ring (bicyclic) bond motifs is 1. The Kier molecular flexibility index (Phi) is 8.28. The first-order valence-corrected chi connectivity index (χ1v) is 12.3. The predicted octanol–water partition coefficient (Wildman–Crippen LogP) is 5.30. The van der Waals surface area contributed by atoms with Gasteiger partial charge >= 0.3 is 18.0 Å². The Labute approximate surface area is 208 Å². The van der Waals surface area contributed by atoms with Crippen molar-refractivity contribution in [1.82, 2.24) is 9.88 Å². The van der Waals surface area contributed by atoms with Crippen LogP contribution in [-0.2, 0) is 25.5 Å². The maximum atomic E-state index is 12.6. The van der Waals surface area contributed by atoms with Crippen LogP contribution in [0.4, 0.5) is 4.79 Å². The Balaban J connectivity index is 2.06. The molecule has 2 aromatic rings. The van der Waals surface area contributed by atoms with Crippen molar-refractivity contribution in [2.45, 2.75) is 77.0 Å². The van der Waals surface area contributed by atoms with E-state index >= 15 is 0 Å². The van der Waals surface area contributed by atoms with Crippen LogP contribution in [0.2, 0.25) is 0 Å². The molecule has 0 radical (unpaired) electrons. The highest BCUT2D eigenvalue weighted by Crippen LogP contribution is 2.42. The number of ether oxygens (including phenoxy) is 3.